The predicted molar refractivity (Wildman–Crippen MR) is 95.4 cm³/mol. The van der Waals surface area contributed by atoms with Crippen LogP contribution in [0.1, 0.15) is 5.01 Å². The lowest BCUT2D eigenvalue weighted by Crippen LogP contribution is -2.14. The van der Waals surface area contributed by atoms with E-state index in [9.17, 15) is 4.79 Å². The van der Waals surface area contributed by atoms with E-state index in [4.69, 9.17) is 11.6 Å². The molecule has 7 nitrogen and oxygen atoms in total. The number of hydrogen-bond acceptors (Lipinski definition) is 7. The molecule has 24 heavy (non-hydrogen) atoms. The average molecular weight is 381 g/mol. The van der Waals surface area contributed by atoms with E-state index in [2.05, 4.69) is 25.7 Å². The highest BCUT2D eigenvalue weighted by molar-refractivity contribution is 7.99. The van der Waals surface area contributed by atoms with Gasteiger partial charge in [-0.25, -0.2) is 0 Å². The Hall–Kier alpha value is -1.97. The van der Waals surface area contributed by atoms with Crippen molar-refractivity contribution >= 4 is 45.7 Å². The first-order chi connectivity index (χ1) is 11.5. The Bertz CT molecular complexity index is 878. The first-order valence-electron chi connectivity index (χ1n) is 6.91. The minimum Gasteiger partial charge on any atom is -0.305 e. The fraction of sp³-hybridized carbons (Fsp3) is 0.214. The first kappa shape index (κ1) is 16.9. The van der Waals surface area contributed by atoms with Crippen LogP contribution < -0.4 is 5.32 Å². The van der Waals surface area contributed by atoms with Crippen molar-refractivity contribution in [2.75, 3.05) is 11.1 Å². The number of aromatic nitrogens is 5. The van der Waals surface area contributed by atoms with E-state index < -0.39 is 0 Å². The first-order valence-corrected chi connectivity index (χ1v) is 9.09. The molecule has 0 saturated carbocycles. The number of benzene rings is 1. The summed E-state index contributed by atoms with van der Waals surface area (Å²) in [5, 5.41) is 21.3. The Labute approximate surface area is 151 Å². The molecular formula is C14H13ClN6OS2. The van der Waals surface area contributed by atoms with Crippen LogP contribution in [-0.4, -0.2) is 36.6 Å². The molecular weight excluding hydrogens is 368 g/mol. The monoisotopic (exact) mass is 380 g/mol. The van der Waals surface area contributed by atoms with Crippen molar-refractivity contribution in [1.29, 1.82) is 0 Å². The van der Waals surface area contributed by atoms with Gasteiger partial charge < -0.3 is 4.57 Å². The summed E-state index contributed by atoms with van der Waals surface area (Å²) in [5.41, 5.74) is 0.801. The van der Waals surface area contributed by atoms with E-state index in [1.54, 1.807) is 6.07 Å². The summed E-state index contributed by atoms with van der Waals surface area (Å²) in [7, 11) is 1.84. The lowest BCUT2D eigenvalue weighted by Gasteiger charge is -2.05. The van der Waals surface area contributed by atoms with Crippen molar-refractivity contribution in [3.8, 4) is 11.4 Å². The highest BCUT2D eigenvalue weighted by Crippen LogP contribution is 2.28. The summed E-state index contributed by atoms with van der Waals surface area (Å²) in [5.74, 6) is 0.689. The maximum Gasteiger partial charge on any atom is 0.236 e. The molecule has 0 radical (unpaired) electrons. The lowest BCUT2D eigenvalue weighted by molar-refractivity contribution is -0.113. The topological polar surface area (TPSA) is 85.6 Å². The summed E-state index contributed by atoms with van der Waals surface area (Å²) in [6.45, 7) is 1.83. The van der Waals surface area contributed by atoms with Crippen molar-refractivity contribution in [2.24, 2.45) is 7.05 Å². The summed E-state index contributed by atoms with van der Waals surface area (Å²) in [6, 6.07) is 7.43. The van der Waals surface area contributed by atoms with Crippen LogP contribution in [0.2, 0.25) is 5.02 Å². The zero-order valence-electron chi connectivity index (χ0n) is 12.9. The fourth-order valence-corrected chi connectivity index (χ4v) is 3.49. The standard InChI is InChI=1S/C14H13ClN6OS2/c1-8-17-19-13(24-8)16-11(22)7-23-14-20-18-12(21(14)2)9-5-3-4-6-10(9)15/h3-6H,7H2,1-2H3,(H,16,19,22). The van der Waals surface area contributed by atoms with Crippen molar-refractivity contribution in [3.63, 3.8) is 0 Å². The second kappa shape index (κ2) is 7.29. The molecule has 2 heterocycles. The van der Waals surface area contributed by atoms with E-state index in [1.165, 1.54) is 23.1 Å². The van der Waals surface area contributed by atoms with Gasteiger partial charge in [-0.05, 0) is 19.1 Å². The van der Waals surface area contributed by atoms with Crippen LogP contribution in [0.25, 0.3) is 11.4 Å². The predicted octanol–water partition coefficient (Wildman–Crippen LogP) is 3.03. The van der Waals surface area contributed by atoms with Gasteiger partial charge in [-0.3, -0.25) is 10.1 Å². The molecule has 0 fully saturated rings. The third-order valence-electron chi connectivity index (χ3n) is 3.05. The van der Waals surface area contributed by atoms with Gasteiger partial charge in [0.1, 0.15) is 5.01 Å². The minimum absolute atomic E-state index is 0.168. The molecule has 124 valence electrons. The number of nitrogens with zero attached hydrogens (tertiary/aromatic N) is 5. The van der Waals surface area contributed by atoms with Crippen LogP contribution in [0.5, 0.6) is 0 Å². The SMILES string of the molecule is Cc1nnc(NC(=O)CSc2nnc(-c3ccccc3Cl)n2C)s1. The summed E-state index contributed by atoms with van der Waals surface area (Å²) < 4.78 is 1.81. The molecule has 2 aromatic heterocycles. The van der Waals surface area contributed by atoms with E-state index in [0.29, 0.717) is 21.1 Å². The Balaban J connectivity index is 1.66. The van der Waals surface area contributed by atoms with Crippen LogP contribution in [0, 0.1) is 6.92 Å². The van der Waals surface area contributed by atoms with Gasteiger partial charge in [0.2, 0.25) is 11.0 Å². The van der Waals surface area contributed by atoms with Crippen LogP contribution in [0.4, 0.5) is 5.13 Å². The fourth-order valence-electron chi connectivity index (χ4n) is 1.95. The number of aryl methyl sites for hydroxylation is 1. The maximum absolute atomic E-state index is 12.0. The summed E-state index contributed by atoms with van der Waals surface area (Å²) in [6.07, 6.45) is 0. The third kappa shape index (κ3) is 3.74. The van der Waals surface area contributed by atoms with Crippen LogP contribution in [0.15, 0.2) is 29.4 Å². The highest BCUT2D eigenvalue weighted by atomic mass is 35.5. The minimum atomic E-state index is -0.168. The highest BCUT2D eigenvalue weighted by Gasteiger charge is 2.15. The number of anilines is 1. The van der Waals surface area contributed by atoms with E-state index >= 15 is 0 Å². The van der Waals surface area contributed by atoms with Gasteiger partial charge in [0, 0.05) is 12.6 Å². The molecule has 1 amide bonds. The molecule has 1 aromatic carbocycles. The molecule has 3 rings (SSSR count). The molecule has 1 N–H and O–H groups in total. The quantitative estimate of drug-likeness (QED) is 0.685. The number of rotatable bonds is 5. The van der Waals surface area contributed by atoms with Gasteiger partial charge in [-0.1, -0.05) is 46.8 Å². The second-order valence-electron chi connectivity index (χ2n) is 4.81. The van der Waals surface area contributed by atoms with Gasteiger partial charge in [0.25, 0.3) is 0 Å². The molecule has 0 aliphatic carbocycles. The Morgan fingerprint density at radius 1 is 1.29 bits per heavy atom. The zero-order valence-corrected chi connectivity index (χ0v) is 15.2. The molecule has 0 saturated heterocycles. The van der Waals surface area contributed by atoms with Crippen molar-refractivity contribution in [3.05, 3.63) is 34.3 Å². The number of hydrogen-bond donors (Lipinski definition) is 1. The number of amides is 1. The largest absolute Gasteiger partial charge is 0.305 e. The number of thioether (sulfide) groups is 1. The summed E-state index contributed by atoms with van der Waals surface area (Å²) in [4.78, 5) is 12.0. The molecule has 0 aliphatic rings. The molecule has 0 aliphatic heterocycles. The van der Waals surface area contributed by atoms with Gasteiger partial charge in [0.15, 0.2) is 11.0 Å². The van der Waals surface area contributed by atoms with Crippen molar-refractivity contribution < 1.29 is 4.79 Å². The maximum atomic E-state index is 12.0. The molecule has 10 heteroatoms. The van der Waals surface area contributed by atoms with Gasteiger partial charge in [-0.15, -0.1) is 20.4 Å². The second-order valence-corrected chi connectivity index (χ2v) is 7.34. The zero-order chi connectivity index (χ0) is 17.1. The smallest absolute Gasteiger partial charge is 0.236 e. The van der Waals surface area contributed by atoms with E-state index in [0.717, 1.165) is 10.6 Å². The Morgan fingerprint density at radius 3 is 2.79 bits per heavy atom. The van der Waals surface area contributed by atoms with Crippen LogP contribution >= 0.6 is 34.7 Å². The average Bonchev–Trinajstić information content (AvgIpc) is 3.12. The Kier molecular flexibility index (Phi) is 5.12. The van der Waals surface area contributed by atoms with Crippen molar-refractivity contribution in [2.45, 2.75) is 12.1 Å². The number of halogens is 1. The number of nitrogens with one attached hydrogen (secondary N) is 1. The van der Waals surface area contributed by atoms with Gasteiger partial charge in [-0.2, -0.15) is 0 Å². The van der Waals surface area contributed by atoms with Crippen molar-refractivity contribution in [1.82, 2.24) is 25.0 Å². The molecule has 0 unspecified atom stereocenters. The number of carbonyl (C=O) groups excluding carboxylic acids is 1. The van der Waals surface area contributed by atoms with Gasteiger partial charge >= 0.3 is 0 Å². The van der Waals surface area contributed by atoms with Crippen LogP contribution in [0.3, 0.4) is 0 Å². The van der Waals surface area contributed by atoms with E-state index in [-0.39, 0.29) is 11.7 Å². The molecule has 0 bridgehead atoms. The molecule has 3 aromatic rings. The van der Waals surface area contributed by atoms with E-state index in [1.807, 2.05) is 36.7 Å². The van der Waals surface area contributed by atoms with Crippen LogP contribution in [-0.2, 0) is 11.8 Å². The third-order valence-corrected chi connectivity index (χ3v) is 5.16. The molecule has 0 atom stereocenters. The summed E-state index contributed by atoms with van der Waals surface area (Å²) >= 11 is 8.82. The Morgan fingerprint density at radius 2 is 2.08 bits per heavy atom. The number of carbonyl (C=O) groups is 1. The lowest BCUT2D eigenvalue weighted by atomic mass is 10.2. The normalized spacial score (nSPS) is 10.8. The van der Waals surface area contributed by atoms with Gasteiger partial charge in [0.05, 0.1) is 10.8 Å². The molecule has 0 spiro atoms.